The first-order valence-corrected chi connectivity index (χ1v) is 9.00. The van der Waals surface area contributed by atoms with Crippen molar-refractivity contribution in [2.45, 2.75) is 51.4 Å². The maximum Gasteiger partial charge on any atom is 0.407 e. The van der Waals surface area contributed by atoms with Crippen LogP contribution < -0.4 is 10.6 Å². The standard InChI is InChI=1S/C21H25FN2O2/c1-14-8-9-17(10-20(14)22)15(2)23-18-11-19(12-18)24-21(25)26-13-16-6-4-3-5-7-16/h3-10,15,18-19,23H,11-13H2,1-2H3,(H,24,25). The van der Waals surface area contributed by atoms with E-state index in [0.29, 0.717) is 11.6 Å². The van der Waals surface area contributed by atoms with Gasteiger partial charge in [-0.2, -0.15) is 0 Å². The van der Waals surface area contributed by atoms with Crippen molar-refractivity contribution in [3.8, 4) is 0 Å². The smallest absolute Gasteiger partial charge is 0.407 e. The zero-order valence-electron chi connectivity index (χ0n) is 15.2. The van der Waals surface area contributed by atoms with Crippen molar-refractivity contribution in [2.75, 3.05) is 0 Å². The molecule has 1 saturated carbocycles. The lowest BCUT2D eigenvalue weighted by Crippen LogP contribution is -2.52. The minimum atomic E-state index is -0.383. The SMILES string of the molecule is Cc1ccc(C(C)NC2CC(NC(=O)OCc3ccccc3)C2)cc1F. The maximum atomic E-state index is 13.7. The molecule has 1 aliphatic carbocycles. The second-order valence-electron chi connectivity index (χ2n) is 6.97. The molecule has 1 amide bonds. The number of aryl methyl sites for hydroxylation is 1. The Morgan fingerprint density at radius 1 is 1.19 bits per heavy atom. The van der Waals surface area contributed by atoms with Gasteiger partial charge in [-0.05, 0) is 49.4 Å². The largest absolute Gasteiger partial charge is 0.445 e. The van der Waals surface area contributed by atoms with Gasteiger partial charge >= 0.3 is 6.09 Å². The molecule has 1 aliphatic rings. The van der Waals surface area contributed by atoms with Crippen molar-refractivity contribution >= 4 is 6.09 Å². The molecule has 2 aromatic carbocycles. The van der Waals surface area contributed by atoms with Crippen molar-refractivity contribution in [1.29, 1.82) is 0 Å². The molecule has 0 spiro atoms. The van der Waals surface area contributed by atoms with Crippen LogP contribution in [0.1, 0.15) is 42.5 Å². The van der Waals surface area contributed by atoms with E-state index in [1.807, 2.05) is 43.3 Å². The number of benzene rings is 2. The van der Waals surface area contributed by atoms with Crippen LogP contribution in [-0.4, -0.2) is 18.2 Å². The van der Waals surface area contributed by atoms with Gasteiger partial charge in [0.2, 0.25) is 0 Å². The van der Waals surface area contributed by atoms with E-state index in [0.717, 1.165) is 24.0 Å². The van der Waals surface area contributed by atoms with Gasteiger partial charge in [0, 0.05) is 18.1 Å². The van der Waals surface area contributed by atoms with Gasteiger partial charge in [-0.3, -0.25) is 0 Å². The van der Waals surface area contributed by atoms with Crippen molar-refractivity contribution in [3.05, 3.63) is 71.0 Å². The van der Waals surface area contributed by atoms with Crippen LogP contribution in [0.2, 0.25) is 0 Å². The lowest BCUT2D eigenvalue weighted by molar-refractivity contribution is 0.124. The number of hydrogen-bond donors (Lipinski definition) is 2. The fraction of sp³-hybridized carbons (Fsp3) is 0.381. The number of amides is 1. The van der Waals surface area contributed by atoms with Gasteiger partial charge < -0.3 is 15.4 Å². The molecule has 2 aromatic rings. The second-order valence-corrected chi connectivity index (χ2v) is 6.97. The third kappa shape index (κ3) is 4.82. The van der Waals surface area contributed by atoms with Crippen LogP contribution in [-0.2, 0) is 11.3 Å². The number of hydrogen-bond acceptors (Lipinski definition) is 3. The fourth-order valence-electron chi connectivity index (χ4n) is 3.13. The van der Waals surface area contributed by atoms with Crippen LogP contribution in [0.5, 0.6) is 0 Å². The summed E-state index contributed by atoms with van der Waals surface area (Å²) in [5.41, 5.74) is 2.56. The van der Waals surface area contributed by atoms with Gasteiger partial charge in [-0.1, -0.05) is 42.5 Å². The zero-order chi connectivity index (χ0) is 18.5. The average Bonchev–Trinajstić information content (AvgIpc) is 2.61. The lowest BCUT2D eigenvalue weighted by Gasteiger charge is -2.38. The molecule has 1 unspecified atom stereocenters. The van der Waals surface area contributed by atoms with Crippen LogP contribution in [0.25, 0.3) is 0 Å². The summed E-state index contributed by atoms with van der Waals surface area (Å²) in [6.07, 6.45) is 1.31. The lowest BCUT2D eigenvalue weighted by atomic mass is 9.86. The summed E-state index contributed by atoms with van der Waals surface area (Å²) >= 11 is 0. The molecule has 0 heterocycles. The minimum absolute atomic E-state index is 0.0704. The van der Waals surface area contributed by atoms with Gasteiger partial charge in [-0.15, -0.1) is 0 Å². The molecule has 5 heteroatoms. The number of rotatable bonds is 6. The highest BCUT2D eigenvalue weighted by Crippen LogP contribution is 2.24. The van der Waals surface area contributed by atoms with E-state index >= 15 is 0 Å². The Balaban J connectivity index is 1.37. The van der Waals surface area contributed by atoms with Crippen LogP contribution in [0.3, 0.4) is 0 Å². The Hall–Kier alpha value is -2.40. The molecule has 0 aliphatic heterocycles. The summed E-state index contributed by atoms with van der Waals surface area (Å²) in [6.45, 7) is 4.06. The zero-order valence-corrected chi connectivity index (χ0v) is 15.2. The summed E-state index contributed by atoms with van der Waals surface area (Å²) in [6, 6.07) is 15.5. The van der Waals surface area contributed by atoms with Crippen molar-refractivity contribution in [3.63, 3.8) is 0 Å². The summed E-state index contributed by atoms with van der Waals surface area (Å²) < 4.78 is 18.9. The normalized spacial score (nSPS) is 20.1. The van der Waals surface area contributed by atoms with Gasteiger partial charge in [0.25, 0.3) is 0 Å². The van der Waals surface area contributed by atoms with Gasteiger partial charge in [-0.25, -0.2) is 9.18 Å². The summed E-state index contributed by atoms with van der Waals surface area (Å²) in [5, 5.41) is 6.37. The van der Waals surface area contributed by atoms with E-state index in [9.17, 15) is 9.18 Å². The molecular formula is C21H25FN2O2. The van der Waals surface area contributed by atoms with E-state index in [2.05, 4.69) is 10.6 Å². The summed E-state index contributed by atoms with van der Waals surface area (Å²) in [4.78, 5) is 11.8. The van der Waals surface area contributed by atoms with E-state index in [1.165, 1.54) is 0 Å². The molecule has 3 rings (SSSR count). The fourth-order valence-corrected chi connectivity index (χ4v) is 3.13. The van der Waals surface area contributed by atoms with E-state index in [-0.39, 0.29) is 30.6 Å². The number of ether oxygens (including phenoxy) is 1. The van der Waals surface area contributed by atoms with Crippen LogP contribution in [0.4, 0.5) is 9.18 Å². The second kappa shape index (κ2) is 8.32. The first kappa shape index (κ1) is 18.4. The highest BCUT2D eigenvalue weighted by molar-refractivity contribution is 5.67. The molecule has 26 heavy (non-hydrogen) atoms. The number of halogens is 1. The number of nitrogens with one attached hydrogen (secondary N) is 2. The van der Waals surface area contributed by atoms with E-state index in [1.54, 1.807) is 19.1 Å². The molecule has 0 saturated heterocycles. The van der Waals surface area contributed by atoms with Gasteiger partial charge in [0.05, 0.1) is 0 Å². The molecule has 2 N–H and O–H groups in total. The molecule has 0 bridgehead atoms. The quantitative estimate of drug-likeness (QED) is 0.814. The summed E-state index contributed by atoms with van der Waals surface area (Å²) in [5.74, 6) is -0.175. The molecule has 0 aromatic heterocycles. The van der Waals surface area contributed by atoms with Gasteiger partial charge in [0.1, 0.15) is 12.4 Å². The predicted octanol–water partition coefficient (Wildman–Crippen LogP) is 4.24. The monoisotopic (exact) mass is 356 g/mol. The molecule has 0 radical (unpaired) electrons. The molecular weight excluding hydrogens is 331 g/mol. The third-order valence-corrected chi connectivity index (χ3v) is 4.85. The number of alkyl carbamates (subject to hydrolysis) is 1. The first-order valence-electron chi connectivity index (χ1n) is 9.00. The Kier molecular flexibility index (Phi) is 5.89. The molecule has 1 fully saturated rings. The number of carbonyl (C=O) groups excluding carboxylic acids is 1. The predicted molar refractivity (Wildman–Crippen MR) is 99.3 cm³/mol. The third-order valence-electron chi connectivity index (χ3n) is 4.85. The maximum absolute atomic E-state index is 13.7. The van der Waals surface area contributed by atoms with E-state index < -0.39 is 0 Å². The highest BCUT2D eigenvalue weighted by atomic mass is 19.1. The Bertz CT molecular complexity index is 745. The minimum Gasteiger partial charge on any atom is -0.445 e. The first-order chi connectivity index (χ1) is 12.5. The van der Waals surface area contributed by atoms with Crippen molar-refractivity contribution in [2.24, 2.45) is 0 Å². The van der Waals surface area contributed by atoms with Crippen molar-refractivity contribution in [1.82, 2.24) is 10.6 Å². The Morgan fingerprint density at radius 3 is 2.62 bits per heavy atom. The highest BCUT2D eigenvalue weighted by Gasteiger charge is 2.31. The molecule has 138 valence electrons. The number of carbonyl (C=O) groups is 1. The van der Waals surface area contributed by atoms with Crippen LogP contribution in [0.15, 0.2) is 48.5 Å². The summed E-state index contributed by atoms with van der Waals surface area (Å²) in [7, 11) is 0. The molecule has 4 nitrogen and oxygen atoms in total. The van der Waals surface area contributed by atoms with Crippen molar-refractivity contribution < 1.29 is 13.9 Å². The van der Waals surface area contributed by atoms with Gasteiger partial charge in [0.15, 0.2) is 0 Å². The molecule has 1 atom stereocenters. The topological polar surface area (TPSA) is 50.4 Å². The van der Waals surface area contributed by atoms with Crippen LogP contribution >= 0.6 is 0 Å². The average molecular weight is 356 g/mol. The Labute approximate surface area is 153 Å². The van der Waals surface area contributed by atoms with Crippen LogP contribution in [0, 0.1) is 12.7 Å². The van der Waals surface area contributed by atoms with E-state index in [4.69, 9.17) is 4.74 Å². The Morgan fingerprint density at radius 2 is 1.92 bits per heavy atom.